The molecule has 150 valence electrons. The van der Waals surface area contributed by atoms with E-state index in [0.717, 1.165) is 71.1 Å². The Bertz CT molecular complexity index is 1070. The number of H-pyrrole nitrogens is 2. The van der Waals surface area contributed by atoms with Crippen LogP contribution in [0.15, 0.2) is 48.5 Å². The Hall–Kier alpha value is -3.48. The summed E-state index contributed by atoms with van der Waals surface area (Å²) in [6.07, 6.45) is 8.09. The molecule has 3 aromatic heterocycles. The Labute approximate surface area is 174 Å². The number of nitrogens with one attached hydrogen (secondary N) is 3. The van der Waals surface area contributed by atoms with Crippen molar-refractivity contribution in [3.8, 4) is 0 Å². The number of rotatable bonds is 0. The van der Waals surface area contributed by atoms with Gasteiger partial charge < -0.3 is 20.0 Å². The number of aromatic nitrogens is 4. The molecule has 0 aliphatic carbocycles. The van der Waals surface area contributed by atoms with Crippen LogP contribution in [0.25, 0.3) is 46.4 Å². The second kappa shape index (κ2) is 8.49. The van der Waals surface area contributed by atoms with Crippen molar-refractivity contribution >= 4 is 46.4 Å². The van der Waals surface area contributed by atoms with Crippen molar-refractivity contribution in [1.29, 1.82) is 0 Å². The Balaban J connectivity index is 0.000000279. The molecule has 3 aromatic rings. The van der Waals surface area contributed by atoms with Gasteiger partial charge in [-0.2, -0.15) is 0 Å². The molecule has 0 atom stereocenters. The Kier molecular flexibility index (Phi) is 5.25. The molecule has 6 nitrogen and oxygen atoms in total. The lowest BCUT2D eigenvalue weighted by atomic mass is 10.3. The van der Waals surface area contributed by atoms with Gasteiger partial charge in [-0.25, -0.2) is 9.97 Å². The van der Waals surface area contributed by atoms with Gasteiger partial charge in [-0.05, 0) is 72.8 Å². The Morgan fingerprint density at radius 3 is 1.20 bits per heavy atom. The summed E-state index contributed by atoms with van der Waals surface area (Å²) in [6, 6.07) is 16.4. The van der Waals surface area contributed by atoms with Crippen molar-refractivity contribution < 1.29 is 4.74 Å². The molecule has 8 bridgehead atoms. The molecule has 0 saturated carbocycles. The topological polar surface area (TPSA) is 78.6 Å². The third kappa shape index (κ3) is 4.56. The van der Waals surface area contributed by atoms with Gasteiger partial charge in [0.05, 0.1) is 36.0 Å². The van der Waals surface area contributed by atoms with E-state index in [1.807, 2.05) is 48.6 Å². The molecule has 0 amide bonds. The zero-order valence-electron chi connectivity index (χ0n) is 16.6. The van der Waals surface area contributed by atoms with Crippen LogP contribution in [0.4, 0.5) is 0 Å². The zero-order valence-corrected chi connectivity index (χ0v) is 16.6. The van der Waals surface area contributed by atoms with Gasteiger partial charge in [0.15, 0.2) is 0 Å². The minimum atomic E-state index is 0.889. The maximum Gasteiger partial charge on any atom is 0.0658 e. The van der Waals surface area contributed by atoms with Gasteiger partial charge in [-0.1, -0.05) is 0 Å². The van der Waals surface area contributed by atoms with Gasteiger partial charge in [0, 0.05) is 35.2 Å². The van der Waals surface area contributed by atoms with Crippen LogP contribution in [-0.2, 0) is 4.74 Å². The molecule has 0 radical (unpaired) electrons. The van der Waals surface area contributed by atoms with Crippen molar-refractivity contribution in [3.05, 3.63) is 71.3 Å². The molecule has 30 heavy (non-hydrogen) atoms. The molecule has 0 aromatic carbocycles. The fourth-order valence-electron chi connectivity index (χ4n) is 3.46. The first-order valence-electron chi connectivity index (χ1n) is 10.1. The Morgan fingerprint density at radius 2 is 0.933 bits per heavy atom. The molecule has 0 spiro atoms. The molecule has 6 heteroatoms. The summed E-state index contributed by atoms with van der Waals surface area (Å²) in [5, 5.41) is 3.16. The molecular weight excluding hydrogens is 374 g/mol. The maximum absolute atomic E-state index is 5.01. The van der Waals surface area contributed by atoms with Crippen LogP contribution in [0.1, 0.15) is 22.8 Å². The third-order valence-corrected chi connectivity index (χ3v) is 4.89. The van der Waals surface area contributed by atoms with E-state index in [2.05, 4.69) is 49.5 Å². The minimum absolute atomic E-state index is 0.889. The van der Waals surface area contributed by atoms with Crippen LogP contribution >= 0.6 is 0 Å². The van der Waals surface area contributed by atoms with Crippen molar-refractivity contribution in [2.45, 2.75) is 0 Å². The molecule has 0 unspecified atom stereocenters. The summed E-state index contributed by atoms with van der Waals surface area (Å²) in [4.78, 5) is 16.0. The van der Waals surface area contributed by atoms with E-state index in [1.165, 1.54) is 0 Å². The fourth-order valence-corrected chi connectivity index (χ4v) is 3.46. The molecule has 1 saturated heterocycles. The first-order chi connectivity index (χ1) is 14.8. The molecular formula is C24H23N5O. The first kappa shape index (κ1) is 18.5. The number of hydrogen-bond donors (Lipinski definition) is 3. The highest BCUT2D eigenvalue weighted by Crippen LogP contribution is 2.16. The smallest absolute Gasteiger partial charge is 0.0658 e. The number of morpholine rings is 1. The van der Waals surface area contributed by atoms with Gasteiger partial charge in [-0.15, -0.1) is 0 Å². The number of fused-ring (bicyclic) bond motifs is 8. The molecule has 3 aliphatic heterocycles. The van der Waals surface area contributed by atoms with Crippen LogP contribution in [0.3, 0.4) is 0 Å². The normalized spacial score (nSPS) is 14.9. The van der Waals surface area contributed by atoms with Crippen molar-refractivity contribution in [2.75, 3.05) is 26.3 Å². The third-order valence-electron chi connectivity index (χ3n) is 4.89. The highest BCUT2D eigenvalue weighted by Gasteiger charge is 2.01. The lowest BCUT2D eigenvalue weighted by molar-refractivity contribution is 0.109. The highest BCUT2D eigenvalue weighted by atomic mass is 16.5. The van der Waals surface area contributed by atoms with Crippen LogP contribution < -0.4 is 5.32 Å². The summed E-state index contributed by atoms with van der Waals surface area (Å²) in [7, 11) is 0. The second-order valence-electron chi connectivity index (χ2n) is 7.27. The number of hydrogen-bond acceptors (Lipinski definition) is 4. The number of aromatic amines is 2. The van der Waals surface area contributed by atoms with Crippen molar-refractivity contribution in [3.63, 3.8) is 0 Å². The maximum atomic E-state index is 5.01. The van der Waals surface area contributed by atoms with Crippen LogP contribution in [-0.4, -0.2) is 46.2 Å². The van der Waals surface area contributed by atoms with Gasteiger partial charge in [0.1, 0.15) is 0 Å². The van der Waals surface area contributed by atoms with E-state index in [9.17, 15) is 0 Å². The van der Waals surface area contributed by atoms with E-state index in [4.69, 9.17) is 4.74 Å². The van der Waals surface area contributed by atoms with E-state index in [-0.39, 0.29) is 0 Å². The minimum Gasteiger partial charge on any atom is -0.379 e. The van der Waals surface area contributed by atoms with E-state index >= 15 is 0 Å². The Morgan fingerprint density at radius 1 is 0.567 bits per heavy atom. The predicted molar refractivity (Wildman–Crippen MR) is 123 cm³/mol. The highest BCUT2D eigenvalue weighted by molar-refractivity contribution is 5.77. The zero-order chi connectivity index (χ0) is 20.2. The lowest BCUT2D eigenvalue weighted by Gasteiger charge is -2.10. The predicted octanol–water partition coefficient (Wildman–Crippen LogP) is 4.26. The average molecular weight is 397 g/mol. The number of ether oxygens (including phenoxy) is 1. The van der Waals surface area contributed by atoms with Gasteiger partial charge >= 0.3 is 0 Å². The van der Waals surface area contributed by atoms with Gasteiger partial charge in [-0.3, -0.25) is 0 Å². The number of nitrogens with zero attached hydrogens (tertiary/aromatic N) is 2. The standard InChI is InChI=1S/C20H14N4.C4H9NO/c1-2-14-10-16-5-6-18(23-16)12-20-8-7-19(24-20)11-17-4-3-15(22-17)9-13(1)21-14;1-3-6-4-2-5-1/h1-12,21,24H;5H,1-4H2. The van der Waals surface area contributed by atoms with E-state index < -0.39 is 0 Å². The fraction of sp³-hybridized carbons (Fsp3) is 0.167. The summed E-state index contributed by atoms with van der Waals surface area (Å²) >= 11 is 0. The summed E-state index contributed by atoms with van der Waals surface area (Å²) < 4.78 is 5.01. The second-order valence-corrected chi connectivity index (χ2v) is 7.27. The SMILES string of the molecule is C1=Cc2cc3ccc(cc4nc(cc5ccc(cc1n2)[nH]5)C=C4)[nH]3.C1COCCN1. The average Bonchev–Trinajstić information content (AvgIpc) is 3.56. The summed E-state index contributed by atoms with van der Waals surface area (Å²) in [5.41, 5.74) is 7.86. The quantitative estimate of drug-likeness (QED) is 0.365. The van der Waals surface area contributed by atoms with Gasteiger partial charge in [0.25, 0.3) is 0 Å². The van der Waals surface area contributed by atoms with Crippen LogP contribution in [0.2, 0.25) is 0 Å². The molecule has 1 fully saturated rings. The molecule has 3 aliphatic rings. The lowest BCUT2D eigenvalue weighted by Crippen LogP contribution is -2.30. The monoisotopic (exact) mass is 397 g/mol. The van der Waals surface area contributed by atoms with Crippen molar-refractivity contribution in [2.24, 2.45) is 0 Å². The molecule has 3 N–H and O–H groups in total. The van der Waals surface area contributed by atoms with E-state index in [0.29, 0.717) is 0 Å². The molecule has 6 heterocycles. The van der Waals surface area contributed by atoms with Crippen LogP contribution in [0.5, 0.6) is 0 Å². The van der Waals surface area contributed by atoms with Crippen LogP contribution in [0, 0.1) is 0 Å². The first-order valence-corrected chi connectivity index (χ1v) is 10.1. The summed E-state index contributed by atoms with van der Waals surface area (Å²) in [5.74, 6) is 0. The van der Waals surface area contributed by atoms with Crippen molar-refractivity contribution in [1.82, 2.24) is 25.3 Å². The largest absolute Gasteiger partial charge is 0.379 e. The van der Waals surface area contributed by atoms with E-state index in [1.54, 1.807) is 0 Å². The molecule has 6 rings (SSSR count). The summed E-state index contributed by atoms with van der Waals surface area (Å²) in [6.45, 7) is 3.83. The van der Waals surface area contributed by atoms with Gasteiger partial charge in [0.2, 0.25) is 0 Å².